The van der Waals surface area contributed by atoms with E-state index in [4.69, 9.17) is 14.2 Å². The van der Waals surface area contributed by atoms with E-state index in [1.54, 1.807) is 40.4 Å². The van der Waals surface area contributed by atoms with E-state index < -0.39 is 0 Å². The van der Waals surface area contributed by atoms with E-state index in [2.05, 4.69) is 11.9 Å². The van der Waals surface area contributed by atoms with Crippen molar-refractivity contribution in [2.75, 3.05) is 27.9 Å². The summed E-state index contributed by atoms with van der Waals surface area (Å²) in [5.41, 5.74) is 1.83. The predicted molar refractivity (Wildman–Crippen MR) is 110 cm³/mol. The van der Waals surface area contributed by atoms with Crippen molar-refractivity contribution in [1.82, 2.24) is 5.32 Å². The molecule has 0 saturated carbocycles. The monoisotopic (exact) mass is 371 g/mol. The van der Waals surface area contributed by atoms with E-state index in [1.165, 1.54) is 0 Å². The van der Waals surface area contributed by atoms with Crippen LogP contribution in [0.3, 0.4) is 0 Å². The number of carbonyl (C=O) groups is 1. The van der Waals surface area contributed by atoms with E-state index in [-0.39, 0.29) is 5.78 Å². The zero-order valence-electron chi connectivity index (χ0n) is 16.6. The second kappa shape index (κ2) is 12.4. The highest BCUT2D eigenvalue weighted by molar-refractivity contribution is 5.75. The summed E-state index contributed by atoms with van der Waals surface area (Å²) in [6, 6.07) is 3.66. The molecule has 0 spiro atoms. The Morgan fingerprint density at radius 1 is 1.07 bits per heavy atom. The Kier molecular flexibility index (Phi) is 10.2. The summed E-state index contributed by atoms with van der Waals surface area (Å²) in [4.78, 5) is 10.9. The van der Waals surface area contributed by atoms with Crippen LogP contribution in [0.25, 0.3) is 6.08 Å². The normalized spacial score (nSPS) is 11.6. The second-order valence-electron chi connectivity index (χ2n) is 5.78. The number of rotatable bonds is 12. The van der Waals surface area contributed by atoms with Gasteiger partial charge in [0.1, 0.15) is 11.5 Å². The number of allylic oxidation sites excluding steroid dienone is 5. The van der Waals surface area contributed by atoms with Crippen molar-refractivity contribution in [2.24, 2.45) is 0 Å². The Morgan fingerprint density at radius 3 is 2.33 bits per heavy atom. The van der Waals surface area contributed by atoms with Crippen molar-refractivity contribution in [3.8, 4) is 17.2 Å². The lowest BCUT2D eigenvalue weighted by Crippen LogP contribution is -2.08. The van der Waals surface area contributed by atoms with Crippen molar-refractivity contribution in [3.05, 3.63) is 60.4 Å². The van der Waals surface area contributed by atoms with Gasteiger partial charge in [0.15, 0.2) is 11.5 Å². The number of hydrogen-bond donors (Lipinski definition) is 1. The average molecular weight is 371 g/mol. The van der Waals surface area contributed by atoms with Crippen LogP contribution in [-0.4, -0.2) is 33.7 Å². The molecular weight excluding hydrogens is 342 g/mol. The molecular formula is C22H29NO4. The summed E-state index contributed by atoms with van der Waals surface area (Å²) in [6.45, 7) is 6.11. The van der Waals surface area contributed by atoms with Crippen molar-refractivity contribution >= 4 is 11.9 Å². The molecule has 0 bridgehead atoms. The molecule has 1 aromatic rings. The molecule has 0 amide bonds. The number of nitrogens with one attached hydrogen (secondary N) is 1. The molecule has 5 nitrogen and oxygen atoms in total. The lowest BCUT2D eigenvalue weighted by atomic mass is 10.1. The molecule has 0 saturated heterocycles. The van der Waals surface area contributed by atoms with Crippen LogP contribution < -0.4 is 19.5 Å². The highest BCUT2D eigenvalue weighted by Gasteiger charge is 2.09. The zero-order valence-corrected chi connectivity index (χ0v) is 16.6. The molecule has 1 rings (SSSR count). The molecule has 0 fully saturated rings. The molecule has 0 atom stereocenters. The van der Waals surface area contributed by atoms with Crippen molar-refractivity contribution in [2.45, 2.75) is 19.8 Å². The van der Waals surface area contributed by atoms with Crippen molar-refractivity contribution in [1.29, 1.82) is 0 Å². The first-order chi connectivity index (χ1) is 13.0. The molecule has 0 aliphatic carbocycles. The number of methoxy groups -OCH3 is 3. The lowest BCUT2D eigenvalue weighted by Gasteiger charge is -2.12. The standard InChI is InChI=1S/C22H29NO4/c1-6-8-18(12-14-23-13-7-9-17(2)24)10-11-19-15-21(26-4)22(27-5)16-20(19)25-3/h6,8,10-12,14-16,23H,1,7,9,13H2,2-5H3/b11-10+,14-12-,18-8-. The molecule has 1 aromatic carbocycles. The van der Waals surface area contributed by atoms with E-state index >= 15 is 0 Å². The SMILES string of the molecule is C=C/C=C(\C=C/NCCCC(C)=O)/C=C/c1cc(OC)c(OC)cc1OC. The van der Waals surface area contributed by atoms with Gasteiger partial charge in [-0.2, -0.15) is 0 Å². The van der Waals surface area contributed by atoms with Crippen LogP contribution in [0.1, 0.15) is 25.3 Å². The molecule has 0 aliphatic rings. The van der Waals surface area contributed by atoms with E-state index in [0.29, 0.717) is 23.7 Å². The third-order valence-corrected chi connectivity index (χ3v) is 3.75. The van der Waals surface area contributed by atoms with E-state index in [9.17, 15) is 4.79 Å². The van der Waals surface area contributed by atoms with Gasteiger partial charge in [0.25, 0.3) is 0 Å². The van der Waals surface area contributed by atoms with E-state index in [1.807, 2.05) is 36.6 Å². The van der Waals surface area contributed by atoms with Gasteiger partial charge in [-0.15, -0.1) is 0 Å². The van der Waals surface area contributed by atoms with Crippen molar-refractivity contribution < 1.29 is 19.0 Å². The van der Waals surface area contributed by atoms with Gasteiger partial charge in [-0.05, 0) is 37.3 Å². The van der Waals surface area contributed by atoms with Crippen LogP contribution in [0.15, 0.2) is 54.8 Å². The summed E-state index contributed by atoms with van der Waals surface area (Å²) in [6.07, 6.45) is 12.7. The number of Topliss-reactive ketones (excluding diaryl/α,β-unsaturated/α-hetero) is 1. The summed E-state index contributed by atoms with van der Waals surface area (Å²) in [5.74, 6) is 2.14. The van der Waals surface area contributed by atoms with Crippen LogP contribution in [0.5, 0.6) is 17.2 Å². The maximum absolute atomic E-state index is 10.9. The summed E-state index contributed by atoms with van der Waals surface area (Å²) < 4.78 is 16.1. The molecule has 146 valence electrons. The number of benzene rings is 1. The van der Waals surface area contributed by atoms with Gasteiger partial charge >= 0.3 is 0 Å². The maximum Gasteiger partial charge on any atom is 0.164 e. The minimum atomic E-state index is 0.208. The molecule has 0 unspecified atom stereocenters. The number of ketones is 1. The average Bonchev–Trinajstić information content (AvgIpc) is 2.67. The molecule has 0 aliphatic heterocycles. The van der Waals surface area contributed by atoms with Gasteiger partial charge in [0.2, 0.25) is 0 Å². The van der Waals surface area contributed by atoms with Crippen LogP contribution in [-0.2, 0) is 4.79 Å². The fourth-order valence-corrected chi connectivity index (χ4v) is 2.35. The number of hydrogen-bond acceptors (Lipinski definition) is 5. The van der Waals surface area contributed by atoms with E-state index in [0.717, 1.165) is 24.1 Å². The third kappa shape index (κ3) is 7.86. The Balaban J connectivity index is 2.87. The van der Waals surface area contributed by atoms with Crippen LogP contribution in [0, 0.1) is 0 Å². The van der Waals surface area contributed by atoms with Gasteiger partial charge in [-0.1, -0.05) is 30.9 Å². The first-order valence-corrected chi connectivity index (χ1v) is 8.75. The smallest absolute Gasteiger partial charge is 0.164 e. The minimum absolute atomic E-state index is 0.208. The van der Waals surface area contributed by atoms with Gasteiger partial charge in [-0.25, -0.2) is 0 Å². The van der Waals surface area contributed by atoms with Gasteiger partial charge in [0.05, 0.1) is 21.3 Å². The van der Waals surface area contributed by atoms with Gasteiger partial charge < -0.3 is 24.3 Å². The van der Waals surface area contributed by atoms with Crippen molar-refractivity contribution in [3.63, 3.8) is 0 Å². The summed E-state index contributed by atoms with van der Waals surface area (Å²) in [5, 5.41) is 3.18. The van der Waals surface area contributed by atoms with Crippen LogP contribution in [0.2, 0.25) is 0 Å². The molecule has 27 heavy (non-hydrogen) atoms. The zero-order chi connectivity index (χ0) is 20.1. The summed E-state index contributed by atoms with van der Waals surface area (Å²) >= 11 is 0. The Hall–Kier alpha value is -2.95. The maximum atomic E-state index is 10.9. The van der Waals surface area contributed by atoms with Crippen LogP contribution >= 0.6 is 0 Å². The van der Waals surface area contributed by atoms with Gasteiger partial charge in [0, 0.05) is 24.6 Å². The fraction of sp³-hybridized carbons (Fsp3) is 0.318. The Morgan fingerprint density at radius 2 is 1.74 bits per heavy atom. The summed E-state index contributed by atoms with van der Waals surface area (Å²) in [7, 11) is 4.80. The lowest BCUT2D eigenvalue weighted by molar-refractivity contribution is -0.117. The predicted octanol–water partition coefficient (Wildman–Crippen LogP) is 4.31. The largest absolute Gasteiger partial charge is 0.496 e. The molecule has 0 heterocycles. The third-order valence-electron chi connectivity index (χ3n) is 3.75. The first-order valence-electron chi connectivity index (χ1n) is 8.75. The Bertz CT molecular complexity index is 717. The molecule has 1 N–H and O–H groups in total. The molecule has 0 aromatic heterocycles. The second-order valence-corrected chi connectivity index (χ2v) is 5.78. The van der Waals surface area contributed by atoms with Gasteiger partial charge in [-0.3, -0.25) is 0 Å². The van der Waals surface area contributed by atoms with Crippen LogP contribution in [0.4, 0.5) is 0 Å². The first kappa shape index (κ1) is 22.1. The highest BCUT2D eigenvalue weighted by atomic mass is 16.5. The molecule has 5 heteroatoms. The number of ether oxygens (including phenoxy) is 3. The highest BCUT2D eigenvalue weighted by Crippen LogP contribution is 2.35. The topological polar surface area (TPSA) is 56.8 Å². The fourth-order valence-electron chi connectivity index (χ4n) is 2.35. The molecule has 0 radical (unpaired) electrons. The number of carbonyl (C=O) groups excluding carboxylic acids is 1. The minimum Gasteiger partial charge on any atom is -0.496 e. The Labute approximate surface area is 162 Å². The quantitative estimate of drug-likeness (QED) is 0.438.